The Kier molecular flexibility index (Phi) is 6.25. The monoisotopic (exact) mass is 344 g/mol. The lowest BCUT2D eigenvalue weighted by atomic mass is 10.1. The quantitative estimate of drug-likeness (QED) is 0.820. The normalized spacial score (nSPS) is 11.7. The molecule has 0 saturated heterocycles. The Hall–Kier alpha value is -2.73. The van der Waals surface area contributed by atoms with E-state index in [0.29, 0.717) is 11.3 Å². The summed E-state index contributed by atoms with van der Waals surface area (Å²) in [4.78, 5) is 24.1. The van der Waals surface area contributed by atoms with E-state index < -0.39 is 23.7 Å². The van der Waals surface area contributed by atoms with Crippen LogP contribution in [-0.2, 0) is 14.3 Å². The lowest BCUT2D eigenvalue weighted by Crippen LogP contribution is -2.38. The summed E-state index contributed by atoms with van der Waals surface area (Å²) in [5, 5.41) is 5.13. The molecule has 6 heteroatoms. The summed E-state index contributed by atoms with van der Waals surface area (Å²) in [6.07, 6.45) is -0.548. The van der Waals surface area contributed by atoms with E-state index in [1.807, 2.05) is 32.0 Å². The third-order valence-electron chi connectivity index (χ3n) is 3.88. The van der Waals surface area contributed by atoms with Crippen molar-refractivity contribution in [1.29, 1.82) is 0 Å². The number of amides is 2. The number of nitrogens with one attached hydrogen (secondary N) is 2. The smallest absolute Gasteiger partial charge is 0.313 e. The minimum atomic E-state index is -0.777. The first-order valence-corrected chi connectivity index (χ1v) is 7.86. The number of carbonyl (C=O) groups excluding carboxylic acids is 2. The van der Waals surface area contributed by atoms with Gasteiger partial charge in [-0.05, 0) is 42.7 Å². The average Bonchev–Trinajstić information content (AvgIpc) is 2.58. The van der Waals surface area contributed by atoms with Gasteiger partial charge in [0.1, 0.15) is 5.82 Å². The molecule has 25 heavy (non-hydrogen) atoms. The second-order valence-electron chi connectivity index (χ2n) is 5.71. The number of anilines is 1. The van der Waals surface area contributed by atoms with Gasteiger partial charge in [0.15, 0.2) is 0 Å². The number of carbonyl (C=O) groups is 2. The van der Waals surface area contributed by atoms with Crippen LogP contribution in [0.2, 0.25) is 0 Å². The molecule has 0 aliphatic carbocycles. The fourth-order valence-corrected chi connectivity index (χ4v) is 2.49. The minimum absolute atomic E-state index is 0.0545. The molecular formula is C19H21FN2O3. The van der Waals surface area contributed by atoms with Crippen LogP contribution in [0, 0.1) is 19.7 Å². The number of hydrogen-bond acceptors (Lipinski definition) is 3. The molecule has 2 rings (SSSR count). The van der Waals surface area contributed by atoms with E-state index in [4.69, 9.17) is 4.74 Å². The first kappa shape index (κ1) is 18.6. The molecule has 2 aromatic carbocycles. The van der Waals surface area contributed by atoms with E-state index >= 15 is 0 Å². The van der Waals surface area contributed by atoms with Crippen molar-refractivity contribution >= 4 is 17.5 Å². The zero-order valence-corrected chi connectivity index (χ0v) is 14.4. The molecule has 0 saturated carbocycles. The summed E-state index contributed by atoms with van der Waals surface area (Å²) in [6.45, 7) is 3.76. The molecule has 0 aliphatic rings. The summed E-state index contributed by atoms with van der Waals surface area (Å²) in [6, 6.07) is 11.5. The molecular weight excluding hydrogens is 323 g/mol. The van der Waals surface area contributed by atoms with E-state index in [1.165, 1.54) is 19.2 Å². The van der Waals surface area contributed by atoms with Crippen LogP contribution < -0.4 is 10.6 Å². The first-order chi connectivity index (χ1) is 11.9. The molecule has 2 amide bonds. The zero-order valence-electron chi connectivity index (χ0n) is 14.4. The van der Waals surface area contributed by atoms with Crippen molar-refractivity contribution in [2.45, 2.75) is 20.0 Å². The highest BCUT2D eigenvalue weighted by atomic mass is 19.1. The standard InChI is InChI=1S/C19H21FN2O3/c1-12-6-4-7-13(2)17(12)22-19(24)18(23)21-11-16(25-3)14-8-5-9-15(20)10-14/h4-10,16H,11H2,1-3H3,(H,21,23)(H,22,24). The van der Waals surface area contributed by atoms with Crippen molar-refractivity contribution in [2.75, 3.05) is 19.0 Å². The van der Waals surface area contributed by atoms with Crippen molar-refractivity contribution in [2.24, 2.45) is 0 Å². The Labute approximate surface area is 146 Å². The maximum atomic E-state index is 13.3. The minimum Gasteiger partial charge on any atom is -0.375 e. The van der Waals surface area contributed by atoms with Gasteiger partial charge in [0, 0.05) is 19.3 Å². The summed E-state index contributed by atoms with van der Waals surface area (Å²) >= 11 is 0. The highest BCUT2D eigenvalue weighted by Gasteiger charge is 2.18. The summed E-state index contributed by atoms with van der Waals surface area (Å²) in [5.74, 6) is -1.92. The molecule has 5 nitrogen and oxygen atoms in total. The third-order valence-corrected chi connectivity index (χ3v) is 3.88. The molecule has 1 unspecified atom stereocenters. The Morgan fingerprint density at radius 1 is 1.08 bits per heavy atom. The average molecular weight is 344 g/mol. The lowest BCUT2D eigenvalue weighted by Gasteiger charge is -2.17. The van der Waals surface area contributed by atoms with E-state index in [9.17, 15) is 14.0 Å². The SMILES string of the molecule is COC(CNC(=O)C(=O)Nc1c(C)cccc1C)c1cccc(F)c1. The predicted octanol–water partition coefficient (Wildman–Crippen LogP) is 2.88. The van der Waals surface area contributed by atoms with Crippen LogP contribution in [0.4, 0.5) is 10.1 Å². The highest BCUT2D eigenvalue weighted by Crippen LogP contribution is 2.19. The molecule has 2 aromatic rings. The van der Waals surface area contributed by atoms with Crippen molar-refractivity contribution < 1.29 is 18.7 Å². The zero-order chi connectivity index (χ0) is 18.4. The third kappa shape index (κ3) is 4.87. The predicted molar refractivity (Wildman–Crippen MR) is 93.7 cm³/mol. The number of aryl methyl sites for hydroxylation is 2. The molecule has 0 spiro atoms. The van der Waals surface area contributed by atoms with Crippen molar-refractivity contribution in [3.05, 3.63) is 65.0 Å². The van der Waals surface area contributed by atoms with Gasteiger partial charge in [-0.25, -0.2) is 4.39 Å². The molecule has 0 bridgehead atoms. The van der Waals surface area contributed by atoms with Crippen LogP contribution in [-0.4, -0.2) is 25.5 Å². The number of benzene rings is 2. The maximum Gasteiger partial charge on any atom is 0.313 e. The van der Waals surface area contributed by atoms with Crippen LogP contribution in [0.3, 0.4) is 0 Å². The first-order valence-electron chi connectivity index (χ1n) is 7.86. The van der Waals surface area contributed by atoms with Crippen LogP contribution >= 0.6 is 0 Å². The van der Waals surface area contributed by atoms with E-state index in [0.717, 1.165) is 11.1 Å². The van der Waals surface area contributed by atoms with Crippen LogP contribution in [0.25, 0.3) is 0 Å². The topological polar surface area (TPSA) is 67.4 Å². The fourth-order valence-electron chi connectivity index (χ4n) is 2.49. The molecule has 0 aromatic heterocycles. The Morgan fingerprint density at radius 2 is 1.72 bits per heavy atom. The molecule has 1 atom stereocenters. The van der Waals surface area contributed by atoms with Crippen molar-refractivity contribution in [1.82, 2.24) is 5.32 Å². The van der Waals surface area contributed by atoms with Gasteiger partial charge in [0.2, 0.25) is 0 Å². The molecule has 0 aliphatic heterocycles. The van der Waals surface area contributed by atoms with E-state index in [1.54, 1.807) is 12.1 Å². The van der Waals surface area contributed by atoms with Gasteiger partial charge in [0.05, 0.1) is 6.10 Å². The molecule has 132 valence electrons. The number of methoxy groups -OCH3 is 1. The van der Waals surface area contributed by atoms with Gasteiger partial charge >= 0.3 is 11.8 Å². The van der Waals surface area contributed by atoms with Gasteiger partial charge in [-0.3, -0.25) is 9.59 Å². The number of rotatable bonds is 5. The molecule has 0 heterocycles. The second-order valence-corrected chi connectivity index (χ2v) is 5.71. The summed E-state index contributed by atoms with van der Waals surface area (Å²) < 4.78 is 18.6. The Morgan fingerprint density at radius 3 is 2.32 bits per heavy atom. The van der Waals surface area contributed by atoms with Gasteiger partial charge in [0.25, 0.3) is 0 Å². The summed E-state index contributed by atoms with van der Waals surface area (Å²) in [7, 11) is 1.46. The highest BCUT2D eigenvalue weighted by molar-refractivity contribution is 6.39. The van der Waals surface area contributed by atoms with Gasteiger partial charge in [-0.1, -0.05) is 30.3 Å². The molecule has 2 N–H and O–H groups in total. The van der Waals surface area contributed by atoms with Crippen molar-refractivity contribution in [3.8, 4) is 0 Å². The van der Waals surface area contributed by atoms with Crippen LogP contribution in [0.5, 0.6) is 0 Å². The lowest BCUT2D eigenvalue weighted by molar-refractivity contribution is -0.136. The fraction of sp³-hybridized carbons (Fsp3) is 0.263. The van der Waals surface area contributed by atoms with Crippen LogP contribution in [0.1, 0.15) is 22.8 Å². The molecule has 0 radical (unpaired) electrons. The van der Waals surface area contributed by atoms with Crippen LogP contribution in [0.15, 0.2) is 42.5 Å². The summed E-state index contributed by atoms with van der Waals surface area (Å²) in [5.41, 5.74) is 2.94. The van der Waals surface area contributed by atoms with Gasteiger partial charge < -0.3 is 15.4 Å². The van der Waals surface area contributed by atoms with Gasteiger partial charge in [-0.2, -0.15) is 0 Å². The Bertz CT molecular complexity index is 757. The maximum absolute atomic E-state index is 13.3. The number of ether oxygens (including phenoxy) is 1. The molecule has 0 fully saturated rings. The number of halogens is 1. The van der Waals surface area contributed by atoms with E-state index in [-0.39, 0.29) is 6.54 Å². The Balaban J connectivity index is 1.98. The second kappa shape index (κ2) is 8.39. The number of para-hydroxylation sites is 1. The van der Waals surface area contributed by atoms with Gasteiger partial charge in [-0.15, -0.1) is 0 Å². The van der Waals surface area contributed by atoms with E-state index in [2.05, 4.69) is 10.6 Å². The number of hydrogen-bond donors (Lipinski definition) is 2. The van der Waals surface area contributed by atoms with Crippen molar-refractivity contribution in [3.63, 3.8) is 0 Å². The largest absolute Gasteiger partial charge is 0.375 e.